The molecule has 8 nitrogen and oxygen atoms in total. The quantitative estimate of drug-likeness (QED) is 0.532. The highest BCUT2D eigenvalue weighted by atomic mass is 32.2. The molecule has 148 valence electrons. The van der Waals surface area contributed by atoms with E-state index in [2.05, 4.69) is 32.1 Å². The Hall–Kier alpha value is -1.10. The molecule has 1 aromatic heterocycles. The molecule has 1 amide bonds. The Balaban J connectivity index is 1.81. The molecule has 26 heavy (non-hydrogen) atoms. The van der Waals surface area contributed by atoms with Crippen LogP contribution in [0.5, 0.6) is 0 Å². The topological polar surface area (TPSA) is 104 Å². The smallest absolute Gasteiger partial charge is 0.269 e. The average molecular weight is 404 g/mol. The normalized spacial score (nSPS) is 19.5. The van der Waals surface area contributed by atoms with Gasteiger partial charge in [0.25, 0.3) is 10.0 Å². The van der Waals surface area contributed by atoms with Crippen molar-refractivity contribution in [3.05, 3.63) is 0 Å². The first-order valence-electron chi connectivity index (χ1n) is 8.95. The standard InChI is InChI=1S/C16H29N5O3S2/c1-12-7-5-9-21(11-12)10-6-8-17-26(23,24)15-20-19-14(25-15)18-13(22)16(2,3)4/h12,17H,5-11H2,1-4H3,(H,18,19,22)/t12-/m0/s1. The van der Waals surface area contributed by atoms with Crippen LogP contribution in [0.25, 0.3) is 0 Å². The van der Waals surface area contributed by atoms with E-state index < -0.39 is 15.4 Å². The summed E-state index contributed by atoms with van der Waals surface area (Å²) >= 11 is 0.856. The summed E-state index contributed by atoms with van der Waals surface area (Å²) in [5, 5.41) is 10.2. The number of likely N-dealkylation sites (tertiary alicyclic amines) is 1. The lowest BCUT2D eigenvalue weighted by Crippen LogP contribution is -2.36. The lowest BCUT2D eigenvalue weighted by molar-refractivity contribution is -0.123. The summed E-state index contributed by atoms with van der Waals surface area (Å²) in [5.41, 5.74) is -0.588. The van der Waals surface area contributed by atoms with E-state index in [1.165, 1.54) is 12.8 Å². The molecular formula is C16H29N5O3S2. The zero-order valence-corrected chi connectivity index (χ0v) is 17.5. The van der Waals surface area contributed by atoms with Gasteiger partial charge in [0.1, 0.15) is 0 Å². The van der Waals surface area contributed by atoms with Crippen molar-refractivity contribution in [3.8, 4) is 0 Å². The molecule has 2 rings (SSSR count). The fourth-order valence-electron chi connectivity index (χ4n) is 2.71. The fraction of sp³-hybridized carbons (Fsp3) is 0.812. The molecule has 1 aromatic rings. The van der Waals surface area contributed by atoms with Crippen LogP contribution in [0.1, 0.15) is 47.0 Å². The summed E-state index contributed by atoms with van der Waals surface area (Å²) < 4.78 is 27.0. The van der Waals surface area contributed by atoms with E-state index in [4.69, 9.17) is 0 Å². The van der Waals surface area contributed by atoms with E-state index in [1.54, 1.807) is 20.8 Å². The molecule has 1 aliphatic rings. The molecule has 0 spiro atoms. The van der Waals surface area contributed by atoms with Gasteiger partial charge in [-0.25, -0.2) is 13.1 Å². The number of anilines is 1. The van der Waals surface area contributed by atoms with Crippen LogP contribution in [0.3, 0.4) is 0 Å². The maximum Gasteiger partial charge on any atom is 0.269 e. The fourth-order valence-corrected chi connectivity index (χ4v) is 4.72. The van der Waals surface area contributed by atoms with Crippen LogP contribution in [-0.2, 0) is 14.8 Å². The second-order valence-corrected chi connectivity index (χ2v) is 10.8. The van der Waals surface area contributed by atoms with Crippen LogP contribution >= 0.6 is 11.3 Å². The molecule has 2 N–H and O–H groups in total. The first-order valence-corrected chi connectivity index (χ1v) is 11.2. The molecule has 10 heteroatoms. The van der Waals surface area contributed by atoms with E-state index in [9.17, 15) is 13.2 Å². The number of carbonyl (C=O) groups is 1. The Labute approximate surface area is 159 Å². The molecule has 0 saturated carbocycles. The molecule has 0 radical (unpaired) electrons. The number of aromatic nitrogens is 2. The second-order valence-electron chi connectivity index (χ2n) is 7.88. The van der Waals surface area contributed by atoms with Gasteiger partial charge in [-0.1, -0.05) is 39.0 Å². The van der Waals surface area contributed by atoms with Gasteiger partial charge in [-0.05, 0) is 38.3 Å². The molecule has 2 heterocycles. The van der Waals surface area contributed by atoms with E-state index in [0.29, 0.717) is 12.5 Å². The minimum Gasteiger partial charge on any atom is -0.303 e. The van der Waals surface area contributed by atoms with Gasteiger partial charge in [0.05, 0.1) is 0 Å². The van der Waals surface area contributed by atoms with Crippen LogP contribution < -0.4 is 10.0 Å². The molecular weight excluding hydrogens is 374 g/mol. The monoisotopic (exact) mass is 403 g/mol. The predicted octanol–water partition coefficient (Wildman–Crippen LogP) is 1.92. The highest BCUT2D eigenvalue weighted by Crippen LogP contribution is 2.23. The Morgan fingerprint density at radius 3 is 2.73 bits per heavy atom. The van der Waals surface area contributed by atoms with Crippen LogP contribution in [0.15, 0.2) is 4.34 Å². The van der Waals surface area contributed by atoms with Gasteiger partial charge < -0.3 is 10.2 Å². The molecule has 0 unspecified atom stereocenters. The van der Waals surface area contributed by atoms with E-state index in [-0.39, 0.29) is 15.4 Å². The number of amides is 1. The SMILES string of the molecule is C[C@H]1CCCN(CCCNS(=O)(=O)c2nnc(NC(=O)C(C)(C)C)s2)C1. The third kappa shape index (κ3) is 6.26. The Kier molecular flexibility index (Phi) is 7.12. The van der Waals surface area contributed by atoms with Gasteiger partial charge >= 0.3 is 0 Å². The lowest BCUT2D eigenvalue weighted by Gasteiger charge is -2.30. The highest BCUT2D eigenvalue weighted by Gasteiger charge is 2.25. The maximum absolute atomic E-state index is 12.3. The van der Waals surface area contributed by atoms with Gasteiger partial charge in [0.15, 0.2) is 0 Å². The minimum atomic E-state index is -3.70. The Bertz CT molecular complexity index is 712. The third-order valence-corrected chi connectivity index (χ3v) is 6.89. The molecule has 1 saturated heterocycles. The summed E-state index contributed by atoms with van der Waals surface area (Å²) in [4.78, 5) is 14.3. The summed E-state index contributed by atoms with van der Waals surface area (Å²) in [6.45, 7) is 11.0. The number of piperidine rings is 1. The summed E-state index contributed by atoms with van der Waals surface area (Å²) in [6, 6.07) is 0. The number of rotatable bonds is 7. The zero-order chi connectivity index (χ0) is 19.4. The van der Waals surface area contributed by atoms with Crippen molar-refractivity contribution < 1.29 is 13.2 Å². The Morgan fingerprint density at radius 2 is 2.08 bits per heavy atom. The van der Waals surface area contributed by atoms with Crippen molar-refractivity contribution in [2.45, 2.75) is 51.3 Å². The number of carbonyl (C=O) groups excluding carboxylic acids is 1. The Morgan fingerprint density at radius 1 is 1.35 bits per heavy atom. The van der Waals surface area contributed by atoms with Gasteiger partial charge in [0, 0.05) is 18.5 Å². The summed E-state index contributed by atoms with van der Waals surface area (Å²) in [5.74, 6) is 0.477. The zero-order valence-electron chi connectivity index (χ0n) is 15.9. The highest BCUT2D eigenvalue weighted by molar-refractivity contribution is 7.91. The number of sulfonamides is 1. The van der Waals surface area contributed by atoms with Crippen molar-refractivity contribution in [1.29, 1.82) is 0 Å². The van der Waals surface area contributed by atoms with Crippen molar-refractivity contribution in [3.63, 3.8) is 0 Å². The van der Waals surface area contributed by atoms with Gasteiger partial charge in [0.2, 0.25) is 15.4 Å². The van der Waals surface area contributed by atoms with Crippen molar-refractivity contribution in [1.82, 2.24) is 19.8 Å². The number of nitrogens with zero attached hydrogens (tertiary/aromatic N) is 3. The average Bonchev–Trinajstić information content (AvgIpc) is 3.00. The molecule has 0 aliphatic carbocycles. The number of nitrogens with one attached hydrogen (secondary N) is 2. The summed E-state index contributed by atoms with van der Waals surface area (Å²) in [7, 11) is -3.70. The lowest BCUT2D eigenvalue weighted by atomic mass is 9.96. The molecule has 1 atom stereocenters. The number of hydrogen-bond acceptors (Lipinski definition) is 7. The van der Waals surface area contributed by atoms with Crippen molar-refractivity contribution in [2.75, 3.05) is 31.5 Å². The van der Waals surface area contributed by atoms with Gasteiger partial charge in [-0.3, -0.25) is 4.79 Å². The third-order valence-electron chi connectivity index (χ3n) is 4.22. The largest absolute Gasteiger partial charge is 0.303 e. The van der Waals surface area contributed by atoms with Crippen molar-refractivity contribution in [2.24, 2.45) is 11.3 Å². The first-order chi connectivity index (χ1) is 12.1. The van der Waals surface area contributed by atoms with Gasteiger partial charge in [-0.2, -0.15) is 0 Å². The van der Waals surface area contributed by atoms with Crippen LogP contribution in [0.2, 0.25) is 0 Å². The minimum absolute atomic E-state index is 0.131. The molecule has 1 aliphatic heterocycles. The predicted molar refractivity (Wildman–Crippen MR) is 103 cm³/mol. The van der Waals surface area contributed by atoms with Crippen LogP contribution in [0.4, 0.5) is 5.13 Å². The molecule has 0 aromatic carbocycles. The van der Waals surface area contributed by atoms with Gasteiger partial charge in [-0.15, -0.1) is 10.2 Å². The van der Waals surface area contributed by atoms with Crippen LogP contribution in [-0.4, -0.2) is 55.6 Å². The first kappa shape index (κ1) is 21.2. The summed E-state index contributed by atoms with van der Waals surface area (Å²) in [6.07, 6.45) is 3.23. The van der Waals surface area contributed by atoms with E-state index >= 15 is 0 Å². The van der Waals surface area contributed by atoms with E-state index in [0.717, 1.165) is 37.4 Å². The van der Waals surface area contributed by atoms with E-state index in [1.807, 2.05) is 0 Å². The second kappa shape index (κ2) is 8.73. The number of hydrogen-bond donors (Lipinski definition) is 2. The van der Waals surface area contributed by atoms with Crippen molar-refractivity contribution >= 4 is 32.4 Å². The van der Waals surface area contributed by atoms with Crippen LogP contribution in [0, 0.1) is 11.3 Å². The molecule has 1 fully saturated rings. The molecule has 0 bridgehead atoms. The maximum atomic E-state index is 12.3.